The quantitative estimate of drug-likeness (QED) is 0.752. The third-order valence-electron chi connectivity index (χ3n) is 4.43. The third-order valence-corrected chi connectivity index (χ3v) is 4.43. The van der Waals surface area contributed by atoms with Crippen molar-refractivity contribution in [1.29, 1.82) is 0 Å². The molecule has 0 aromatic heterocycles. The zero-order valence-electron chi connectivity index (χ0n) is 14.2. The van der Waals surface area contributed by atoms with Gasteiger partial charge in [-0.05, 0) is 44.2 Å². The molecule has 5 heteroatoms. The Hall–Kier alpha value is -1.59. The molecule has 2 rings (SSSR count). The number of nitrogens with zero attached hydrogens (tertiary/aromatic N) is 1. The Bertz CT molecular complexity index is 497. The lowest BCUT2D eigenvalue weighted by Gasteiger charge is -2.32. The van der Waals surface area contributed by atoms with Crippen LogP contribution < -0.4 is 10.6 Å². The Labute approximate surface area is 139 Å². The number of benzene rings is 1. The van der Waals surface area contributed by atoms with E-state index in [9.17, 15) is 9.90 Å². The van der Waals surface area contributed by atoms with E-state index in [1.807, 2.05) is 0 Å². The summed E-state index contributed by atoms with van der Waals surface area (Å²) in [5.74, 6) is 0. The van der Waals surface area contributed by atoms with Crippen molar-refractivity contribution in [3.8, 4) is 0 Å². The highest BCUT2D eigenvalue weighted by Gasteiger charge is 2.20. The molecule has 1 unspecified atom stereocenters. The lowest BCUT2D eigenvalue weighted by molar-refractivity contribution is 0.178. The Morgan fingerprint density at radius 3 is 2.70 bits per heavy atom. The van der Waals surface area contributed by atoms with Crippen LogP contribution in [-0.4, -0.2) is 47.8 Å². The summed E-state index contributed by atoms with van der Waals surface area (Å²) >= 11 is 0. The van der Waals surface area contributed by atoms with E-state index in [2.05, 4.69) is 46.7 Å². The molecule has 1 heterocycles. The van der Waals surface area contributed by atoms with E-state index in [0.717, 1.165) is 32.5 Å². The number of carbonyl (C=O) groups is 1. The average molecular weight is 319 g/mol. The first-order valence-electron chi connectivity index (χ1n) is 8.54. The lowest BCUT2D eigenvalue weighted by Crippen LogP contribution is -2.48. The maximum absolute atomic E-state index is 11.8. The van der Waals surface area contributed by atoms with Crippen molar-refractivity contribution < 1.29 is 9.90 Å². The summed E-state index contributed by atoms with van der Waals surface area (Å²) in [7, 11) is 0. The van der Waals surface area contributed by atoms with Gasteiger partial charge in [0.05, 0.1) is 6.10 Å². The summed E-state index contributed by atoms with van der Waals surface area (Å²) in [4.78, 5) is 14.2. The van der Waals surface area contributed by atoms with Gasteiger partial charge < -0.3 is 15.7 Å². The number of aryl methyl sites for hydroxylation is 1. The molecule has 1 saturated heterocycles. The second-order valence-corrected chi connectivity index (χ2v) is 6.51. The number of nitrogens with one attached hydrogen (secondary N) is 2. The van der Waals surface area contributed by atoms with Crippen LogP contribution in [0.5, 0.6) is 0 Å². The molecule has 2 amide bonds. The maximum atomic E-state index is 11.8. The zero-order chi connectivity index (χ0) is 16.7. The second-order valence-electron chi connectivity index (χ2n) is 6.51. The van der Waals surface area contributed by atoms with Crippen LogP contribution in [0.15, 0.2) is 24.3 Å². The van der Waals surface area contributed by atoms with Gasteiger partial charge in [-0.15, -0.1) is 0 Å². The highest BCUT2D eigenvalue weighted by Crippen LogP contribution is 2.16. The van der Waals surface area contributed by atoms with Crippen molar-refractivity contribution in [3.05, 3.63) is 35.4 Å². The number of hydrogen-bond donors (Lipinski definition) is 3. The smallest absolute Gasteiger partial charge is 0.315 e. The first kappa shape index (κ1) is 17.8. The minimum atomic E-state index is -0.375. The summed E-state index contributed by atoms with van der Waals surface area (Å²) in [6, 6.07) is 8.63. The minimum Gasteiger partial charge on any atom is -0.393 e. The number of hydrogen-bond acceptors (Lipinski definition) is 3. The van der Waals surface area contributed by atoms with Gasteiger partial charge in [-0.25, -0.2) is 4.79 Å². The molecular formula is C18H29N3O2. The topological polar surface area (TPSA) is 64.6 Å². The van der Waals surface area contributed by atoms with Crippen molar-refractivity contribution >= 4 is 6.03 Å². The predicted octanol–water partition coefficient (Wildman–Crippen LogP) is 2.03. The number of urea groups is 1. The fraction of sp³-hybridized carbons (Fsp3) is 0.611. The highest BCUT2D eigenvalue weighted by molar-refractivity contribution is 5.74. The van der Waals surface area contributed by atoms with Gasteiger partial charge in [-0.2, -0.15) is 0 Å². The van der Waals surface area contributed by atoms with Gasteiger partial charge in [0.2, 0.25) is 0 Å². The molecule has 5 nitrogen and oxygen atoms in total. The van der Waals surface area contributed by atoms with Crippen molar-refractivity contribution in [2.45, 2.75) is 51.8 Å². The molecule has 1 aliphatic heterocycles. The van der Waals surface area contributed by atoms with Crippen LogP contribution in [0.25, 0.3) is 0 Å². The number of piperidine rings is 1. The highest BCUT2D eigenvalue weighted by atomic mass is 16.3. The third kappa shape index (κ3) is 6.20. The summed E-state index contributed by atoms with van der Waals surface area (Å²) in [5.41, 5.74) is 2.72. The van der Waals surface area contributed by atoms with E-state index in [-0.39, 0.29) is 18.2 Å². The van der Waals surface area contributed by atoms with Crippen LogP contribution in [0.3, 0.4) is 0 Å². The van der Waals surface area contributed by atoms with E-state index >= 15 is 0 Å². The Morgan fingerprint density at radius 1 is 1.35 bits per heavy atom. The first-order valence-corrected chi connectivity index (χ1v) is 8.54. The largest absolute Gasteiger partial charge is 0.393 e. The van der Waals surface area contributed by atoms with Crippen LogP contribution in [0.1, 0.15) is 37.3 Å². The van der Waals surface area contributed by atoms with Crippen molar-refractivity contribution in [2.75, 3.05) is 19.6 Å². The van der Waals surface area contributed by atoms with E-state index in [1.54, 1.807) is 6.92 Å². The van der Waals surface area contributed by atoms with Crippen molar-refractivity contribution in [3.63, 3.8) is 0 Å². The molecule has 1 aliphatic rings. The van der Waals surface area contributed by atoms with Crippen LogP contribution in [0, 0.1) is 6.92 Å². The van der Waals surface area contributed by atoms with Crippen molar-refractivity contribution in [2.24, 2.45) is 0 Å². The summed E-state index contributed by atoms with van der Waals surface area (Å²) in [5, 5.41) is 15.0. The van der Waals surface area contributed by atoms with Gasteiger partial charge in [0.1, 0.15) is 0 Å². The standard InChI is InChI=1S/C18H29N3O2/c1-14-5-3-4-6-16(14)13-21-11-8-17(9-12-21)20-18(23)19-10-7-15(2)22/h3-6,15,17,22H,7-13H2,1-2H3,(H2,19,20,23). The second kappa shape index (κ2) is 8.89. The molecule has 3 N–H and O–H groups in total. The molecule has 0 saturated carbocycles. The van der Waals surface area contributed by atoms with Gasteiger partial charge in [-0.1, -0.05) is 24.3 Å². The maximum Gasteiger partial charge on any atom is 0.315 e. The fourth-order valence-electron chi connectivity index (χ4n) is 2.89. The monoisotopic (exact) mass is 319 g/mol. The van der Waals surface area contributed by atoms with E-state index in [0.29, 0.717) is 13.0 Å². The Kier molecular flexibility index (Phi) is 6.86. The SMILES string of the molecule is Cc1ccccc1CN1CCC(NC(=O)NCCC(C)O)CC1. The lowest BCUT2D eigenvalue weighted by atomic mass is 10.0. The number of aliphatic hydroxyl groups is 1. The Morgan fingerprint density at radius 2 is 2.04 bits per heavy atom. The molecule has 0 radical (unpaired) electrons. The Balaban J connectivity index is 1.68. The number of aliphatic hydroxyl groups excluding tert-OH is 1. The number of rotatable bonds is 6. The molecule has 1 aromatic carbocycles. The van der Waals surface area contributed by atoms with Crippen LogP contribution >= 0.6 is 0 Å². The zero-order valence-corrected chi connectivity index (χ0v) is 14.2. The van der Waals surface area contributed by atoms with Gasteiger partial charge in [-0.3, -0.25) is 4.90 Å². The van der Waals surface area contributed by atoms with Gasteiger partial charge >= 0.3 is 6.03 Å². The summed E-state index contributed by atoms with van der Waals surface area (Å²) in [6.45, 7) is 7.39. The summed E-state index contributed by atoms with van der Waals surface area (Å²) in [6.07, 6.45) is 2.17. The van der Waals surface area contributed by atoms with Crippen molar-refractivity contribution in [1.82, 2.24) is 15.5 Å². The molecule has 1 atom stereocenters. The molecule has 0 aliphatic carbocycles. The molecule has 23 heavy (non-hydrogen) atoms. The molecular weight excluding hydrogens is 290 g/mol. The van der Waals surface area contributed by atoms with Gasteiger partial charge in [0.25, 0.3) is 0 Å². The summed E-state index contributed by atoms with van der Waals surface area (Å²) < 4.78 is 0. The minimum absolute atomic E-state index is 0.122. The number of carbonyl (C=O) groups excluding carboxylic acids is 1. The number of likely N-dealkylation sites (tertiary alicyclic amines) is 1. The van der Waals surface area contributed by atoms with Crippen LogP contribution in [-0.2, 0) is 6.54 Å². The molecule has 0 spiro atoms. The predicted molar refractivity (Wildman–Crippen MR) is 92.3 cm³/mol. The average Bonchev–Trinajstić information content (AvgIpc) is 2.51. The fourth-order valence-corrected chi connectivity index (χ4v) is 2.89. The van der Waals surface area contributed by atoms with E-state index in [1.165, 1.54) is 11.1 Å². The van der Waals surface area contributed by atoms with E-state index < -0.39 is 0 Å². The molecule has 1 fully saturated rings. The molecule has 128 valence electrons. The first-order chi connectivity index (χ1) is 11.0. The van der Waals surface area contributed by atoms with Gasteiger partial charge in [0.15, 0.2) is 0 Å². The molecule has 0 bridgehead atoms. The van der Waals surface area contributed by atoms with E-state index in [4.69, 9.17) is 0 Å². The normalized spacial score (nSPS) is 17.7. The van der Waals surface area contributed by atoms with Crippen LogP contribution in [0.4, 0.5) is 4.79 Å². The number of amides is 2. The van der Waals surface area contributed by atoms with Crippen LogP contribution in [0.2, 0.25) is 0 Å². The molecule has 1 aromatic rings. The van der Waals surface area contributed by atoms with Gasteiger partial charge in [0, 0.05) is 32.2 Å².